The Hall–Kier alpha value is -2.14. The number of para-hydroxylation sites is 2. The zero-order chi connectivity index (χ0) is 15.8. The van der Waals surface area contributed by atoms with Crippen molar-refractivity contribution >= 4 is 32.4 Å². The van der Waals surface area contributed by atoms with Gasteiger partial charge in [0, 0.05) is 26.2 Å². The van der Waals surface area contributed by atoms with Crippen LogP contribution in [0.5, 0.6) is 0 Å². The number of aryl methyl sites for hydroxylation is 1. The van der Waals surface area contributed by atoms with E-state index in [-0.39, 0.29) is 5.82 Å². The van der Waals surface area contributed by atoms with E-state index in [1.165, 1.54) is 16.3 Å². The van der Waals surface area contributed by atoms with Crippen molar-refractivity contribution in [1.29, 1.82) is 0 Å². The average Bonchev–Trinajstić information content (AvgIpc) is 3.01. The van der Waals surface area contributed by atoms with E-state index in [4.69, 9.17) is 4.98 Å². The lowest BCUT2D eigenvalue weighted by Gasteiger charge is -2.36. The van der Waals surface area contributed by atoms with Crippen LogP contribution in [0.3, 0.4) is 0 Å². The standard InChI is InChI=1S/C18H18FN3S/c1-13-5-4-8-16-17(13)20-18(23-16)22-11-9-21(10-12-22)15-7-3-2-6-14(15)19/h2-8H,9-12H2,1H3. The van der Waals surface area contributed by atoms with E-state index >= 15 is 0 Å². The Morgan fingerprint density at radius 1 is 0.957 bits per heavy atom. The van der Waals surface area contributed by atoms with Gasteiger partial charge in [0.25, 0.3) is 0 Å². The number of thiazole rings is 1. The maximum absolute atomic E-state index is 13.9. The molecule has 4 rings (SSSR count). The van der Waals surface area contributed by atoms with Gasteiger partial charge in [0.05, 0.1) is 15.9 Å². The quantitative estimate of drug-likeness (QED) is 0.707. The molecule has 1 aliphatic heterocycles. The highest BCUT2D eigenvalue weighted by Crippen LogP contribution is 2.31. The van der Waals surface area contributed by atoms with E-state index in [2.05, 4.69) is 34.9 Å². The van der Waals surface area contributed by atoms with Crippen molar-refractivity contribution < 1.29 is 4.39 Å². The molecule has 0 N–H and O–H groups in total. The van der Waals surface area contributed by atoms with Gasteiger partial charge in [-0.05, 0) is 30.7 Å². The predicted molar refractivity (Wildman–Crippen MR) is 95.2 cm³/mol. The van der Waals surface area contributed by atoms with Crippen LogP contribution < -0.4 is 9.80 Å². The lowest BCUT2D eigenvalue weighted by atomic mass is 10.2. The minimum atomic E-state index is -0.142. The van der Waals surface area contributed by atoms with Gasteiger partial charge in [-0.1, -0.05) is 35.6 Å². The fourth-order valence-electron chi connectivity index (χ4n) is 3.06. The van der Waals surface area contributed by atoms with Gasteiger partial charge in [-0.2, -0.15) is 0 Å². The topological polar surface area (TPSA) is 19.4 Å². The summed E-state index contributed by atoms with van der Waals surface area (Å²) < 4.78 is 15.1. The molecule has 0 saturated carbocycles. The number of rotatable bonds is 2. The molecule has 23 heavy (non-hydrogen) atoms. The number of nitrogens with zero attached hydrogens (tertiary/aromatic N) is 3. The van der Waals surface area contributed by atoms with Crippen molar-refractivity contribution in [2.45, 2.75) is 6.92 Å². The molecule has 2 aromatic carbocycles. The molecule has 2 heterocycles. The molecular formula is C18H18FN3S. The molecule has 3 nitrogen and oxygen atoms in total. The maximum atomic E-state index is 13.9. The SMILES string of the molecule is Cc1cccc2sc(N3CCN(c4ccccc4F)CC3)nc12. The van der Waals surface area contributed by atoms with Crippen LogP contribution in [-0.4, -0.2) is 31.2 Å². The van der Waals surface area contributed by atoms with Crippen LogP contribution in [0.1, 0.15) is 5.56 Å². The molecule has 0 spiro atoms. The first-order valence-corrected chi connectivity index (χ1v) is 8.64. The van der Waals surface area contributed by atoms with Crippen LogP contribution in [0.4, 0.5) is 15.2 Å². The third kappa shape index (κ3) is 2.65. The first-order valence-electron chi connectivity index (χ1n) is 7.83. The van der Waals surface area contributed by atoms with E-state index in [9.17, 15) is 4.39 Å². The summed E-state index contributed by atoms with van der Waals surface area (Å²) in [7, 11) is 0. The second-order valence-corrected chi connectivity index (χ2v) is 6.85. The van der Waals surface area contributed by atoms with Crippen molar-refractivity contribution in [2.24, 2.45) is 0 Å². The molecular weight excluding hydrogens is 309 g/mol. The number of hydrogen-bond acceptors (Lipinski definition) is 4. The molecule has 1 aromatic heterocycles. The zero-order valence-electron chi connectivity index (χ0n) is 13.0. The van der Waals surface area contributed by atoms with Crippen LogP contribution in [0.2, 0.25) is 0 Å². The van der Waals surface area contributed by atoms with E-state index in [0.717, 1.165) is 36.8 Å². The van der Waals surface area contributed by atoms with Crippen molar-refractivity contribution in [3.05, 3.63) is 53.8 Å². The molecule has 0 amide bonds. The van der Waals surface area contributed by atoms with Crippen molar-refractivity contribution in [2.75, 3.05) is 36.0 Å². The molecule has 0 bridgehead atoms. The third-order valence-corrected chi connectivity index (χ3v) is 5.43. The van der Waals surface area contributed by atoms with E-state index in [1.807, 2.05) is 12.1 Å². The van der Waals surface area contributed by atoms with Crippen LogP contribution >= 0.6 is 11.3 Å². The van der Waals surface area contributed by atoms with E-state index in [1.54, 1.807) is 17.4 Å². The summed E-state index contributed by atoms with van der Waals surface area (Å²) in [5.74, 6) is -0.142. The first-order chi connectivity index (χ1) is 11.2. The van der Waals surface area contributed by atoms with Gasteiger partial charge in [-0.25, -0.2) is 9.37 Å². The monoisotopic (exact) mass is 327 g/mol. The number of aromatic nitrogens is 1. The molecule has 0 aliphatic carbocycles. The highest BCUT2D eigenvalue weighted by molar-refractivity contribution is 7.22. The molecule has 1 saturated heterocycles. The number of benzene rings is 2. The molecule has 1 fully saturated rings. The molecule has 3 aromatic rings. The minimum Gasteiger partial charge on any atom is -0.366 e. The lowest BCUT2D eigenvalue weighted by Crippen LogP contribution is -2.46. The van der Waals surface area contributed by atoms with Crippen LogP contribution in [0.15, 0.2) is 42.5 Å². The molecule has 1 aliphatic rings. The second-order valence-electron chi connectivity index (χ2n) is 5.84. The number of hydrogen-bond donors (Lipinski definition) is 0. The highest BCUT2D eigenvalue weighted by Gasteiger charge is 2.21. The molecule has 0 atom stereocenters. The largest absolute Gasteiger partial charge is 0.366 e. The van der Waals surface area contributed by atoms with Gasteiger partial charge in [0.15, 0.2) is 5.13 Å². The Labute approximate surface area is 139 Å². The fraction of sp³-hybridized carbons (Fsp3) is 0.278. The Morgan fingerprint density at radius 2 is 1.70 bits per heavy atom. The van der Waals surface area contributed by atoms with Crippen LogP contribution in [0, 0.1) is 12.7 Å². The van der Waals surface area contributed by atoms with Crippen LogP contribution in [0.25, 0.3) is 10.2 Å². The maximum Gasteiger partial charge on any atom is 0.186 e. The van der Waals surface area contributed by atoms with Crippen molar-refractivity contribution in [3.8, 4) is 0 Å². The summed E-state index contributed by atoms with van der Waals surface area (Å²) in [5.41, 5.74) is 3.02. The number of fused-ring (bicyclic) bond motifs is 1. The van der Waals surface area contributed by atoms with Gasteiger partial charge in [-0.15, -0.1) is 0 Å². The number of halogens is 1. The Kier molecular flexibility index (Phi) is 3.65. The van der Waals surface area contributed by atoms with Gasteiger partial charge in [0.1, 0.15) is 5.82 Å². The first kappa shape index (κ1) is 14.5. The van der Waals surface area contributed by atoms with Gasteiger partial charge in [0.2, 0.25) is 0 Å². The predicted octanol–water partition coefficient (Wildman–Crippen LogP) is 4.07. The van der Waals surface area contributed by atoms with Gasteiger partial charge >= 0.3 is 0 Å². The zero-order valence-corrected chi connectivity index (χ0v) is 13.8. The van der Waals surface area contributed by atoms with Crippen molar-refractivity contribution in [1.82, 2.24) is 4.98 Å². The highest BCUT2D eigenvalue weighted by atomic mass is 32.1. The molecule has 118 valence electrons. The Balaban J connectivity index is 1.53. The van der Waals surface area contributed by atoms with E-state index in [0.29, 0.717) is 5.69 Å². The molecule has 5 heteroatoms. The summed E-state index contributed by atoms with van der Waals surface area (Å²) >= 11 is 1.74. The normalized spacial score (nSPS) is 15.4. The number of piperazine rings is 1. The number of anilines is 2. The van der Waals surface area contributed by atoms with Gasteiger partial charge < -0.3 is 9.80 Å². The second kappa shape index (κ2) is 5.81. The van der Waals surface area contributed by atoms with Crippen LogP contribution in [-0.2, 0) is 0 Å². The van der Waals surface area contributed by atoms with Crippen molar-refractivity contribution in [3.63, 3.8) is 0 Å². The van der Waals surface area contributed by atoms with E-state index < -0.39 is 0 Å². The summed E-state index contributed by atoms with van der Waals surface area (Å²) in [4.78, 5) is 9.23. The summed E-state index contributed by atoms with van der Waals surface area (Å²) in [6.45, 7) is 5.47. The fourth-order valence-corrected chi connectivity index (χ4v) is 4.15. The molecule has 0 unspecified atom stereocenters. The molecule has 0 radical (unpaired) electrons. The van der Waals surface area contributed by atoms with Gasteiger partial charge in [-0.3, -0.25) is 0 Å². The lowest BCUT2D eigenvalue weighted by molar-refractivity contribution is 0.597. The minimum absolute atomic E-state index is 0.142. The Morgan fingerprint density at radius 3 is 2.43 bits per heavy atom. The summed E-state index contributed by atoms with van der Waals surface area (Å²) in [6, 6.07) is 13.3. The summed E-state index contributed by atoms with van der Waals surface area (Å²) in [6.07, 6.45) is 0. The summed E-state index contributed by atoms with van der Waals surface area (Å²) in [5, 5.41) is 1.07. The Bertz CT molecular complexity index is 837. The third-order valence-electron chi connectivity index (χ3n) is 4.35. The average molecular weight is 327 g/mol. The smallest absolute Gasteiger partial charge is 0.186 e.